The third kappa shape index (κ3) is 5.63. The van der Waals surface area contributed by atoms with Gasteiger partial charge in [0.2, 0.25) is 5.16 Å². The Morgan fingerprint density at radius 1 is 1.30 bits per heavy atom. The Morgan fingerprint density at radius 3 is 2.67 bits per heavy atom. The lowest BCUT2D eigenvalue weighted by molar-refractivity contribution is 0.0499. The van der Waals surface area contributed by atoms with Gasteiger partial charge in [0.15, 0.2) is 5.82 Å². The Balaban J connectivity index is 1.81. The van der Waals surface area contributed by atoms with E-state index in [9.17, 15) is 4.79 Å². The maximum absolute atomic E-state index is 12.4. The van der Waals surface area contributed by atoms with Crippen LogP contribution in [0, 0.1) is 0 Å². The van der Waals surface area contributed by atoms with Gasteiger partial charge in [0.25, 0.3) is 0 Å². The number of carbonyl (C=O) groups excluding carboxylic acids is 1. The van der Waals surface area contributed by atoms with Crippen LogP contribution in [0.25, 0.3) is 5.70 Å². The molecular formula is C20H27N5O3S2. The van der Waals surface area contributed by atoms with E-state index in [0.717, 1.165) is 22.8 Å². The normalized spacial score (nSPS) is 14.2. The Bertz CT molecular complexity index is 906. The standard InChI is InChI=1S/C20H27N5O3S2/c1-20(2,3)28-19(26)21-15(10-11-29-5)17-22-23-18-25(17)24-16(12-30-18)13-6-8-14(27-4)9-7-13/h6-9,12,15,24H,10-11H2,1-5H3,(H,21,26)/t15-/m0/s1. The van der Waals surface area contributed by atoms with Crippen molar-refractivity contribution in [2.24, 2.45) is 0 Å². The Kier molecular flexibility index (Phi) is 7.19. The second-order valence-corrected chi connectivity index (χ2v) is 9.47. The summed E-state index contributed by atoms with van der Waals surface area (Å²) in [4.78, 5) is 12.4. The first kappa shape index (κ1) is 22.4. The van der Waals surface area contributed by atoms with Crippen LogP contribution in [0.5, 0.6) is 5.75 Å². The van der Waals surface area contributed by atoms with Crippen LogP contribution < -0.4 is 15.5 Å². The van der Waals surface area contributed by atoms with Gasteiger partial charge in [-0.05, 0) is 63.5 Å². The number of benzene rings is 1. The average Bonchev–Trinajstić information content (AvgIpc) is 3.13. The minimum absolute atomic E-state index is 0.336. The molecule has 0 unspecified atom stereocenters. The molecule has 162 valence electrons. The lowest BCUT2D eigenvalue weighted by Gasteiger charge is -2.25. The van der Waals surface area contributed by atoms with Crippen molar-refractivity contribution >= 4 is 35.3 Å². The van der Waals surface area contributed by atoms with E-state index in [1.165, 1.54) is 11.8 Å². The minimum atomic E-state index is -0.573. The van der Waals surface area contributed by atoms with Crippen LogP contribution in [-0.4, -0.2) is 45.7 Å². The Hall–Kier alpha value is -2.33. The van der Waals surface area contributed by atoms with Gasteiger partial charge in [0.05, 0.1) is 18.8 Å². The maximum atomic E-state index is 12.4. The van der Waals surface area contributed by atoms with Crippen molar-refractivity contribution in [3.8, 4) is 5.75 Å². The predicted molar refractivity (Wildman–Crippen MR) is 121 cm³/mol. The van der Waals surface area contributed by atoms with Crippen LogP contribution in [0.15, 0.2) is 34.8 Å². The largest absolute Gasteiger partial charge is 0.497 e. The summed E-state index contributed by atoms with van der Waals surface area (Å²) in [6.07, 6.45) is 2.26. The molecule has 1 aromatic heterocycles. The third-order valence-electron chi connectivity index (χ3n) is 4.19. The smallest absolute Gasteiger partial charge is 0.408 e. The van der Waals surface area contributed by atoms with Gasteiger partial charge in [-0.1, -0.05) is 11.8 Å². The highest BCUT2D eigenvalue weighted by Gasteiger charge is 2.27. The Labute approximate surface area is 185 Å². The highest BCUT2D eigenvalue weighted by Crippen LogP contribution is 2.31. The highest BCUT2D eigenvalue weighted by atomic mass is 32.2. The van der Waals surface area contributed by atoms with Gasteiger partial charge < -0.3 is 14.8 Å². The molecule has 0 aliphatic carbocycles. The molecule has 1 aliphatic rings. The van der Waals surface area contributed by atoms with Crippen LogP contribution in [0.4, 0.5) is 4.79 Å². The molecule has 0 spiro atoms. The number of alkyl carbamates (subject to hydrolysis) is 1. The summed E-state index contributed by atoms with van der Waals surface area (Å²) >= 11 is 3.18. The molecule has 3 rings (SSSR count). The molecule has 2 aromatic rings. The average molecular weight is 450 g/mol. The number of thioether (sulfide) groups is 2. The molecule has 2 N–H and O–H groups in total. The molecule has 1 amide bonds. The number of rotatable bonds is 7. The molecular weight excluding hydrogens is 422 g/mol. The van der Waals surface area contributed by atoms with E-state index in [4.69, 9.17) is 9.47 Å². The second kappa shape index (κ2) is 9.65. The topological polar surface area (TPSA) is 90.3 Å². The summed E-state index contributed by atoms with van der Waals surface area (Å²) in [5, 5.41) is 14.3. The molecule has 30 heavy (non-hydrogen) atoms. The summed E-state index contributed by atoms with van der Waals surface area (Å²) in [7, 11) is 1.64. The number of carbonyl (C=O) groups is 1. The Morgan fingerprint density at radius 2 is 2.03 bits per heavy atom. The second-order valence-electron chi connectivity index (χ2n) is 7.65. The van der Waals surface area contributed by atoms with E-state index in [1.807, 2.05) is 61.4 Å². The lowest BCUT2D eigenvalue weighted by atomic mass is 10.2. The van der Waals surface area contributed by atoms with E-state index in [2.05, 4.69) is 20.9 Å². The summed E-state index contributed by atoms with van der Waals surface area (Å²) in [6.45, 7) is 5.52. The molecule has 1 atom stereocenters. The fourth-order valence-corrected chi connectivity index (χ4v) is 4.02. The maximum Gasteiger partial charge on any atom is 0.408 e. The fraction of sp³-hybridized carbons (Fsp3) is 0.450. The van der Waals surface area contributed by atoms with Crippen molar-refractivity contribution in [2.45, 2.75) is 44.0 Å². The number of hydrogen-bond donors (Lipinski definition) is 2. The van der Waals surface area contributed by atoms with Crippen molar-refractivity contribution in [2.75, 3.05) is 24.5 Å². The number of nitrogens with zero attached hydrogens (tertiary/aromatic N) is 3. The number of nitrogens with one attached hydrogen (secondary N) is 2. The zero-order valence-electron chi connectivity index (χ0n) is 17.8. The summed E-state index contributed by atoms with van der Waals surface area (Å²) in [6, 6.07) is 7.46. The van der Waals surface area contributed by atoms with Crippen molar-refractivity contribution in [1.29, 1.82) is 0 Å². The van der Waals surface area contributed by atoms with Crippen LogP contribution in [0.2, 0.25) is 0 Å². The number of fused-ring (bicyclic) bond motifs is 1. The van der Waals surface area contributed by atoms with Gasteiger partial charge in [-0.2, -0.15) is 11.8 Å². The zero-order chi connectivity index (χ0) is 21.7. The lowest BCUT2D eigenvalue weighted by Crippen LogP contribution is -2.37. The van der Waals surface area contributed by atoms with Gasteiger partial charge in [-0.15, -0.1) is 10.2 Å². The summed E-state index contributed by atoms with van der Waals surface area (Å²) in [5.41, 5.74) is 4.72. The SMILES string of the molecule is COc1ccc(C2=CSc3nnc([C@H](CCSC)NC(=O)OC(C)(C)C)n3N2)cc1. The zero-order valence-corrected chi connectivity index (χ0v) is 19.4. The highest BCUT2D eigenvalue weighted by molar-refractivity contribution is 8.02. The molecule has 10 heteroatoms. The van der Waals surface area contributed by atoms with Gasteiger partial charge in [-0.25, -0.2) is 9.47 Å². The van der Waals surface area contributed by atoms with Gasteiger partial charge >= 0.3 is 6.09 Å². The predicted octanol–water partition coefficient (Wildman–Crippen LogP) is 4.25. The molecule has 1 aromatic carbocycles. The van der Waals surface area contributed by atoms with E-state index in [1.54, 1.807) is 18.9 Å². The van der Waals surface area contributed by atoms with Crippen LogP contribution in [0.3, 0.4) is 0 Å². The van der Waals surface area contributed by atoms with Crippen molar-refractivity contribution in [1.82, 2.24) is 20.2 Å². The summed E-state index contributed by atoms with van der Waals surface area (Å²) in [5.74, 6) is 2.29. The number of amides is 1. The minimum Gasteiger partial charge on any atom is -0.497 e. The fourth-order valence-electron chi connectivity index (χ4n) is 2.80. The van der Waals surface area contributed by atoms with Crippen LogP contribution in [0.1, 0.15) is 44.6 Å². The van der Waals surface area contributed by atoms with Gasteiger partial charge in [0.1, 0.15) is 11.4 Å². The number of methoxy groups -OCH3 is 1. The van der Waals surface area contributed by atoms with E-state index >= 15 is 0 Å². The molecule has 0 bridgehead atoms. The molecule has 0 radical (unpaired) electrons. The third-order valence-corrected chi connectivity index (χ3v) is 5.66. The van der Waals surface area contributed by atoms with Gasteiger partial charge in [0, 0.05) is 11.0 Å². The molecule has 2 heterocycles. The van der Waals surface area contributed by atoms with Gasteiger partial charge in [-0.3, -0.25) is 5.43 Å². The molecule has 1 aliphatic heterocycles. The molecule has 0 saturated heterocycles. The van der Waals surface area contributed by atoms with E-state index in [-0.39, 0.29) is 6.04 Å². The van der Waals surface area contributed by atoms with Crippen molar-refractivity contribution < 1.29 is 14.3 Å². The summed E-state index contributed by atoms with van der Waals surface area (Å²) < 4.78 is 12.5. The first-order valence-corrected chi connectivity index (χ1v) is 11.8. The number of hydrogen-bond acceptors (Lipinski definition) is 8. The van der Waals surface area contributed by atoms with Crippen LogP contribution >= 0.6 is 23.5 Å². The van der Waals surface area contributed by atoms with Crippen LogP contribution in [-0.2, 0) is 4.74 Å². The monoisotopic (exact) mass is 449 g/mol. The van der Waals surface area contributed by atoms with E-state index in [0.29, 0.717) is 17.4 Å². The first-order valence-electron chi connectivity index (χ1n) is 9.53. The molecule has 0 saturated carbocycles. The quantitative estimate of drug-likeness (QED) is 0.648. The molecule has 8 nitrogen and oxygen atoms in total. The van der Waals surface area contributed by atoms with E-state index < -0.39 is 11.7 Å². The number of aromatic nitrogens is 3. The van der Waals surface area contributed by atoms with Crippen molar-refractivity contribution in [3.63, 3.8) is 0 Å². The molecule has 0 fully saturated rings. The first-order chi connectivity index (χ1) is 14.3. The van der Waals surface area contributed by atoms with Crippen molar-refractivity contribution in [3.05, 3.63) is 41.1 Å². The number of ether oxygens (including phenoxy) is 2.